The van der Waals surface area contributed by atoms with Crippen LogP contribution < -0.4 is 4.72 Å². The molecule has 5 nitrogen and oxygen atoms in total. The molecule has 0 aliphatic heterocycles. The summed E-state index contributed by atoms with van der Waals surface area (Å²) in [5.74, 6) is -1.13. The molecule has 1 aliphatic carbocycles. The molecule has 1 aromatic rings. The summed E-state index contributed by atoms with van der Waals surface area (Å²) in [6.07, 6.45) is 2.35. The first-order valence-corrected chi connectivity index (χ1v) is 9.23. The van der Waals surface area contributed by atoms with Crippen molar-refractivity contribution in [2.24, 2.45) is 11.8 Å². The van der Waals surface area contributed by atoms with E-state index in [4.69, 9.17) is 5.11 Å². The monoisotopic (exact) mass is 325 g/mol. The standard InChI is InChI=1S/C16H23NO4S/c1-11(2)15(16(18)19)17-22(20,21)8-7-12-9-13-5-3-4-6-14(13)10-12/h3-6,11-12,15,17H,7-10H2,1-2H3,(H,18,19). The molecule has 0 saturated carbocycles. The van der Waals surface area contributed by atoms with Crippen LogP contribution in [-0.2, 0) is 27.7 Å². The maximum atomic E-state index is 12.1. The Morgan fingerprint density at radius 2 is 1.82 bits per heavy atom. The van der Waals surface area contributed by atoms with Gasteiger partial charge in [-0.2, -0.15) is 0 Å². The molecule has 0 spiro atoms. The van der Waals surface area contributed by atoms with Crippen LogP contribution in [0.5, 0.6) is 0 Å². The molecule has 1 unspecified atom stereocenters. The third kappa shape index (κ3) is 4.30. The lowest BCUT2D eigenvalue weighted by Crippen LogP contribution is -2.45. The van der Waals surface area contributed by atoms with E-state index in [2.05, 4.69) is 16.9 Å². The van der Waals surface area contributed by atoms with Gasteiger partial charge in [-0.15, -0.1) is 0 Å². The Morgan fingerprint density at radius 3 is 2.27 bits per heavy atom. The van der Waals surface area contributed by atoms with Gasteiger partial charge in [0.05, 0.1) is 5.75 Å². The first kappa shape index (κ1) is 17.0. The second kappa shape index (κ2) is 6.79. The summed E-state index contributed by atoms with van der Waals surface area (Å²) < 4.78 is 26.5. The van der Waals surface area contributed by atoms with Gasteiger partial charge in [-0.25, -0.2) is 13.1 Å². The van der Waals surface area contributed by atoms with Crippen molar-refractivity contribution in [3.05, 3.63) is 35.4 Å². The van der Waals surface area contributed by atoms with Crippen molar-refractivity contribution >= 4 is 16.0 Å². The van der Waals surface area contributed by atoms with Gasteiger partial charge in [-0.05, 0) is 42.2 Å². The molecule has 122 valence electrons. The maximum Gasteiger partial charge on any atom is 0.321 e. The van der Waals surface area contributed by atoms with Gasteiger partial charge in [0.15, 0.2) is 0 Å². The summed E-state index contributed by atoms with van der Waals surface area (Å²) in [5.41, 5.74) is 2.59. The summed E-state index contributed by atoms with van der Waals surface area (Å²) in [6, 6.07) is 7.10. The highest BCUT2D eigenvalue weighted by Gasteiger charge is 2.28. The van der Waals surface area contributed by atoms with Gasteiger partial charge in [-0.1, -0.05) is 38.1 Å². The predicted molar refractivity (Wildman–Crippen MR) is 85.1 cm³/mol. The summed E-state index contributed by atoms with van der Waals surface area (Å²) in [6.45, 7) is 3.38. The second-order valence-corrected chi connectivity index (χ2v) is 8.20. The minimum absolute atomic E-state index is 0.0256. The molecular formula is C16H23NO4S. The number of sulfonamides is 1. The van der Waals surface area contributed by atoms with Gasteiger partial charge in [0, 0.05) is 0 Å². The van der Waals surface area contributed by atoms with Gasteiger partial charge in [0.1, 0.15) is 6.04 Å². The van der Waals surface area contributed by atoms with Crippen LogP contribution in [0.4, 0.5) is 0 Å². The lowest BCUT2D eigenvalue weighted by atomic mass is 10.0. The number of carbonyl (C=O) groups is 1. The average molecular weight is 325 g/mol. The molecule has 0 aromatic heterocycles. The Balaban J connectivity index is 1.90. The van der Waals surface area contributed by atoms with Crippen LogP contribution in [0, 0.1) is 11.8 Å². The molecule has 0 amide bonds. The van der Waals surface area contributed by atoms with Crippen molar-refractivity contribution in [1.29, 1.82) is 0 Å². The molecule has 2 N–H and O–H groups in total. The second-order valence-electron chi connectivity index (χ2n) is 6.33. The predicted octanol–water partition coefficient (Wildman–Crippen LogP) is 1.82. The van der Waals surface area contributed by atoms with E-state index in [9.17, 15) is 13.2 Å². The number of rotatable bonds is 7. The van der Waals surface area contributed by atoms with Crippen molar-refractivity contribution in [3.8, 4) is 0 Å². The zero-order chi connectivity index (χ0) is 16.3. The fraction of sp³-hybridized carbons (Fsp3) is 0.562. The third-order valence-electron chi connectivity index (χ3n) is 4.17. The lowest BCUT2D eigenvalue weighted by molar-refractivity contribution is -0.140. The Kier molecular flexibility index (Phi) is 5.24. The van der Waals surface area contributed by atoms with E-state index in [1.165, 1.54) is 11.1 Å². The molecule has 2 rings (SSSR count). The van der Waals surface area contributed by atoms with Crippen LogP contribution in [0.25, 0.3) is 0 Å². The molecule has 1 aromatic carbocycles. The average Bonchev–Trinajstić information content (AvgIpc) is 2.85. The summed E-state index contributed by atoms with van der Waals surface area (Å²) in [4.78, 5) is 11.1. The molecule has 1 atom stereocenters. The molecule has 6 heteroatoms. The fourth-order valence-corrected chi connectivity index (χ4v) is 4.42. The molecule has 0 saturated heterocycles. The molecule has 0 radical (unpaired) electrons. The summed E-state index contributed by atoms with van der Waals surface area (Å²) >= 11 is 0. The zero-order valence-electron chi connectivity index (χ0n) is 13.0. The fourth-order valence-electron chi connectivity index (χ4n) is 2.90. The Morgan fingerprint density at radius 1 is 1.27 bits per heavy atom. The first-order chi connectivity index (χ1) is 10.3. The van der Waals surface area contributed by atoms with E-state index >= 15 is 0 Å². The number of hydrogen-bond acceptors (Lipinski definition) is 3. The van der Waals surface area contributed by atoms with Gasteiger partial charge in [-0.3, -0.25) is 4.79 Å². The van der Waals surface area contributed by atoms with E-state index < -0.39 is 22.0 Å². The summed E-state index contributed by atoms with van der Waals surface area (Å²) in [7, 11) is -3.58. The van der Waals surface area contributed by atoms with Gasteiger partial charge in [0.25, 0.3) is 0 Å². The zero-order valence-corrected chi connectivity index (χ0v) is 13.8. The maximum absolute atomic E-state index is 12.1. The number of nitrogens with one attached hydrogen (secondary N) is 1. The van der Waals surface area contributed by atoms with Crippen LogP contribution >= 0.6 is 0 Å². The summed E-state index contributed by atoms with van der Waals surface area (Å²) in [5, 5.41) is 9.08. The largest absolute Gasteiger partial charge is 0.480 e. The van der Waals surface area contributed by atoms with E-state index in [0.717, 1.165) is 12.8 Å². The molecule has 0 bridgehead atoms. The minimum atomic E-state index is -3.58. The quantitative estimate of drug-likeness (QED) is 0.801. The van der Waals surface area contributed by atoms with E-state index in [-0.39, 0.29) is 11.7 Å². The third-order valence-corrected chi connectivity index (χ3v) is 5.56. The highest BCUT2D eigenvalue weighted by atomic mass is 32.2. The van der Waals surface area contributed by atoms with Gasteiger partial charge >= 0.3 is 5.97 Å². The van der Waals surface area contributed by atoms with E-state index in [0.29, 0.717) is 12.3 Å². The van der Waals surface area contributed by atoms with E-state index in [1.54, 1.807) is 13.8 Å². The molecular weight excluding hydrogens is 302 g/mol. The van der Waals surface area contributed by atoms with Crippen molar-refractivity contribution in [2.75, 3.05) is 5.75 Å². The van der Waals surface area contributed by atoms with Crippen LogP contribution in [0.2, 0.25) is 0 Å². The van der Waals surface area contributed by atoms with Gasteiger partial charge in [0.2, 0.25) is 10.0 Å². The SMILES string of the molecule is CC(C)C(NS(=O)(=O)CCC1Cc2ccccc2C1)C(=O)O. The van der Waals surface area contributed by atoms with Crippen LogP contribution in [0.1, 0.15) is 31.4 Å². The molecule has 0 heterocycles. The van der Waals surface area contributed by atoms with Crippen molar-refractivity contribution in [2.45, 2.75) is 39.2 Å². The first-order valence-electron chi connectivity index (χ1n) is 7.58. The number of benzene rings is 1. The lowest BCUT2D eigenvalue weighted by Gasteiger charge is -2.18. The molecule has 1 aliphatic rings. The highest BCUT2D eigenvalue weighted by molar-refractivity contribution is 7.89. The van der Waals surface area contributed by atoms with Crippen molar-refractivity contribution < 1.29 is 18.3 Å². The van der Waals surface area contributed by atoms with Crippen molar-refractivity contribution in [3.63, 3.8) is 0 Å². The van der Waals surface area contributed by atoms with Crippen LogP contribution in [-0.4, -0.2) is 31.3 Å². The topological polar surface area (TPSA) is 83.5 Å². The van der Waals surface area contributed by atoms with Crippen LogP contribution in [0.3, 0.4) is 0 Å². The number of aliphatic carboxylic acids is 1. The molecule has 0 fully saturated rings. The highest BCUT2D eigenvalue weighted by Crippen LogP contribution is 2.28. The molecule has 22 heavy (non-hydrogen) atoms. The minimum Gasteiger partial charge on any atom is -0.480 e. The number of carboxylic acid groups (broad SMARTS) is 1. The van der Waals surface area contributed by atoms with Gasteiger partial charge < -0.3 is 5.11 Å². The number of hydrogen-bond donors (Lipinski definition) is 2. The van der Waals surface area contributed by atoms with E-state index in [1.807, 2.05) is 12.1 Å². The number of fused-ring (bicyclic) bond motifs is 1. The Hall–Kier alpha value is -1.40. The number of carboxylic acids is 1. The normalized spacial score (nSPS) is 16.7. The van der Waals surface area contributed by atoms with Crippen LogP contribution in [0.15, 0.2) is 24.3 Å². The Labute approximate surface area is 131 Å². The Bertz CT molecular complexity index is 614. The van der Waals surface area contributed by atoms with Crippen molar-refractivity contribution in [1.82, 2.24) is 4.72 Å². The smallest absolute Gasteiger partial charge is 0.321 e.